The molecule has 1 N–H and O–H groups in total. The van der Waals surface area contributed by atoms with Crippen LogP contribution in [0.1, 0.15) is 29.7 Å². The largest absolute Gasteiger partial charge is 0.416 e. The van der Waals surface area contributed by atoms with Gasteiger partial charge >= 0.3 is 6.18 Å². The predicted octanol–water partition coefficient (Wildman–Crippen LogP) is 4.01. The Morgan fingerprint density at radius 1 is 1.08 bits per heavy atom. The normalized spacial score (nSPS) is 12.9. The number of alkyl halides is 3. The van der Waals surface area contributed by atoms with Crippen molar-refractivity contribution in [2.75, 3.05) is 13.6 Å². The lowest BCUT2D eigenvalue weighted by molar-refractivity contribution is -0.138. The number of carbonyl (C=O) groups is 1. The number of nitrogens with zero attached hydrogens (tertiary/aromatic N) is 1. The average Bonchev–Trinajstić information content (AvgIpc) is 2.54. The van der Waals surface area contributed by atoms with Gasteiger partial charge in [-0.1, -0.05) is 48.5 Å². The Hall–Kier alpha value is -2.34. The third kappa shape index (κ3) is 5.60. The van der Waals surface area contributed by atoms with Crippen molar-refractivity contribution in [1.29, 1.82) is 0 Å². The molecule has 0 aliphatic carbocycles. The molecule has 2 rings (SSSR count). The van der Waals surface area contributed by atoms with E-state index in [1.165, 1.54) is 12.1 Å². The Labute approximate surface area is 145 Å². The summed E-state index contributed by atoms with van der Waals surface area (Å²) in [6.45, 7) is 1.93. The van der Waals surface area contributed by atoms with Crippen molar-refractivity contribution in [1.82, 2.24) is 10.2 Å². The molecule has 0 heterocycles. The third-order valence-corrected chi connectivity index (χ3v) is 3.85. The maximum atomic E-state index is 13.0. The fourth-order valence-electron chi connectivity index (χ4n) is 2.64. The van der Waals surface area contributed by atoms with Crippen molar-refractivity contribution in [3.63, 3.8) is 0 Å². The first-order valence-electron chi connectivity index (χ1n) is 7.95. The molecule has 0 aliphatic heterocycles. The molecule has 0 bridgehead atoms. The molecule has 25 heavy (non-hydrogen) atoms. The molecule has 0 saturated heterocycles. The summed E-state index contributed by atoms with van der Waals surface area (Å²) in [4.78, 5) is 13.7. The fourth-order valence-corrected chi connectivity index (χ4v) is 2.64. The van der Waals surface area contributed by atoms with E-state index in [1.54, 1.807) is 18.0 Å². The number of carbonyl (C=O) groups excluding carboxylic acids is 1. The Balaban J connectivity index is 1.94. The molecule has 0 saturated carbocycles. The van der Waals surface area contributed by atoms with Crippen LogP contribution in [0.25, 0.3) is 0 Å². The van der Waals surface area contributed by atoms with Crippen molar-refractivity contribution in [2.45, 2.75) is 25.7 Å². The fraction of sp³-hybridized carbons (Fsp3) is 0.316. The van der Waals surface area contributed by atoms with Crippen LogP contribution in [0.15, 0.2) is 54.6 Å². The smallest absolute Gasteiger partial charge is 0.348 e. The summed E-state index contributed by atoms with van der Waals surface area (Å²) in [5, 5.41) is 2.85. The monoisotopic (exact) mass is 350 g/mol. The Morgan fingerprint density at radius 2 is 1.68 bits per heavy atom. The summed E-state index contributed by atoms with van der Waals surface area (Å²) in [6.07, 6.45) is -4.40. The van der Waals surface area contributed by atoms with E-state index in [0.29, 0.717) is 0 Å². The van der Waals surface area contributed by atoms with Crippen LogP contribution in [-0.4, -0.2) is 24.4 Å². The van der Waals surface area contributed by atoms with E-state index < -0.39 is 11.7 Å². The van der Waals surface area contributed by atoms with Crippen LogP contribution in [0.4, 0.5) is 13.2 Å². The van der Waals surface area contributed by atoms with E-state index in [9.17, 15) is 18.0 Å². The van der Waals surface area contributed by atoms with Crippen molar-refractivity contribution in [2.24, 2.45) is 0 Å². The van der Waals surface area contributed by atoms with Gasteiger partial charge in [-0.05, 0) is 31.2 Å². The summed E-state index contributed by atoms with van der Waals surface area (Å²) < 4.78 is 39.1. The van der Waals surface area contributed by atoms with Gasteiger partial charge in [0.15, 0.2) is 0 Å². The molecular weight excluding hydrogens is 329 g/mol. The zero-order valence-corrected chi connectivity index (χ0v) is 14.2. The minimum Gasteiger partial charge on any atom is -0.348 e. The average molecular weight is 350 g/mol. The van der Waals surface area contributed by atoms with Gasteiger partial charge in [0, 0.05) is 6.54 Å². The van der Waals surface area contributed by atoms with E-state index in [4.69, 9.17) is 0 Å². The van der Waals surface area contributed by atoms with Crippen molar-refractivity contribution < 1.29 is 18.0 Å². The van der Waals surface area contributed by atoms with E-state index >= 15 is 0 Å². The molecule has 1 atom stereocenters. The molecule has 3 nitrogen and oxygen atoms in total. The van der Waals surface area contributed by atoms with E-state index in [2.05, 4.69) is 5.32 Å². The van der Waals surface area contributed by atoms with Gasteiger partial charge in [0.2, 0.25) is 5.91 Å². The zero-order valence-electron chi connectivity index (χ0n) is 14.2. The van der Waals surface area contributed by atoms with Crippen LogP contribution >= 0.6 is 0 Å². The number of amides is 1. The molecule has 0 radical (unpaired) electrons. The first kappa shape index (κ1) is 19.0. The van der Waals surface area contributed by atoms with Gasteiger partial charge in [0.25, 0.3) is 0 Å². The van der Waals surface area contributed by atoms with E-state index in [1.807, 2.05) is 37.3 Å². The number of likely N-dealkylation sites (N-methyl/N-ethyl adjacent to an activating group) is 1. The second-order valence-corrected chi connectivity index (χ2v) is 6.03. The maximum Gasteiger partial charge on any atom is 0.416 e. The van der Waals surface area contributed by atoms with Crippen LogP contribution in [0.2, 0.25) is 0 Å². The molecule has 0 spiro atoms. The number of benzene rings is 2. The molecular formula is C19H21F3N2O. The van der Waals surface area contributed by atoms with Gasteiger partial charge in [-0.25, -0.2) is 0 Å². The van der Waals surface area contributed by atoms with Gasteiger partial charge in [-0.15, -0.1) is 0 Å². The molecule has 2 aromatic carbocycles. The predicted molar refractivity (Wildman–Crippen MR) is 90.8 cm³/mol. The maximum absolute atomic E-state index is 13.0. The molecule has 134 valence electrons. The summed E-state index contributed by atoms with van der Waals surface area (Å²) in [5.41, 5.74) is 0.460. The highest BCUT2D eigenvalue weighted by Crippen LogP contribution is 2.32. The lowest BCUT2D eigenvalue weighted by Gasteiger charge is -2.21. The lowest BCUT2D eigenvalue weighted by Crippen LogP contribution is -2.36. The lowest BCUT2D eigenvalue weighted by atomic mass is 10.1. The highest BCUT2D eigenvalue weighted by molar-refractivity contribution is 5.78. The second-order valence-electron chi connectivity index (χ2n) is 6.03. The number of nitrogens with one attached hydrogen (secondary N) is 1. The minimum atomic E-state index is -4.40. The van der Waals surface area contributed by atoms with Gasteiger partial charge < -0.3 is 5.32 Å². The first-order chi connectivity index (χ1) is 11.8. The zero-order chi connectivity index (χ0) is 18.4. The molecule has 2 aromatic rings. The molecule has 0 fully saturated rings. The van der Waals surface area contributed by atoms with Crippen LogP contribution in [-0.2, 0) is 17.5 Å². The topological polar surface area (TPSA) is 32.3 Å². The molecule has 1 unspecified atom stereocenters. The number of rotatable bonds is 6. The molecule has 0 aromatic heterocycles. The van der Waals surface area contributed by atoms with Gasteiger partial charge in [0.1, 0.15) is 0 Å². The number of hydrogen-bond acceptors (Lipinski definition) is 2. The van der Waals surface area contributed by atoms with E-state index in [-0.39, 0.29) is 30.6 Å². The number of hydrogen-bond donors (Lipinski definition) is 1. The Morgan fingerprint density at radius 3 is 2.32 bits per heavy atom. The molecule has 0 aliphatic rings. The summed E-state index contributed by atoms with van der Waals surface area (Å²) in [5.74, 6) is -0.233. The Bertz CT molecular complexity index is 701. The highest BCUT2D eigenvalue weighted by atomic mass is 19.4. The second kappa shape index (κ2) is 8.16. The molecule has 6 heteroatoms. The van der Waals surface area contributed by atoms with Crippen molar-refractivity contribution >= 4 is 5.91 Å². The Kier molecular flexibility index (Phi) is 6.20. The van der Waals surface area contributed by atoms with Crippen molar-refractivity contribution in [3.8, 4) is 0 Å². The van der Waals surface area contributed by atoms with Gasteiger partial charge in [0.05, 0.1) is 18.2 Å². The van der Waals surface area contributed by atoms with Crippen LogP contribution in [0.5, 0.6) is 0 Å². The van der Waals surface area contributed by atoms with Crippen LogP contribution in [0, 0.1) is 0 Å². The summed E-state index contributed by atoms with van der Waals surface area (Å²) >= 11 is 0. The van der Waals surface area contributed by atoms with Gasteiger partial charge in [-0.3, -0.25) is 9.69 Å². The standard InChI is InChI=1S/C19H21F3N2O/c1-14(15-8-4-3-5-9-15)23-18(25)13-24(2)12-16-10-6-7-11-17(16)19(20,21)22/h3-11,14H,12-13H2,1-2H3,(H,23,25). The SMILES string of the molecule is CC(NC(=O)CN(C)Cc1ccccc1C(F)(F)F)c1ccccc1. The van der Waals surface area contributed by atoms with Crippen molar-refractivity contribution in [3.05, 3.63) is 71.3 Å². The quantitative estimate of drug-likeness (QED) is 0.854. The summed E-state index contributed by atoms with van der Waals surface area (Å²) in [7, 11) is 1.62. The third-order valence-electron chi connectivity index (χ3n) is 3.85. The van der Waals surface area contributed by atoms with E-state index in [0.717, 1.165) is 11.6 Å². The molecule has 1 amide bonds. The number of halogens is 3. The highest BCUT2D eigenvalue weighted by Gasteiger charge is 2.33. The minimum absolute atomic E-state index is 0.0172. The summed E-state index contributed by atoms with van der Waals surface area (Å²) in [6, 6.07) is 14.7. The van der Waals surface area contributed by atoms with Crippen LogP contribution in [0.3, 0.4) is 0 Å². The first-order valence-corrected chi connectivity index (χ1v) is 7.95. The van der Waals surface area contributed by atoms with Gasteiger partial charge in [-0.2, -0.15) is 13.2 Å². The van der Waals surface area contributed by atoms with Crippen LogP contribution < -0.4 is 5.32 Å².